The van der Waals surface area contributed by atoms with Crippen LogP contribution >= 0.6 is 0 Å². The Labute approximate surface area is 233 Å². The van der Waals surface area contributed by atoms with Crippen molar-refractivity contribution >= 4 is 11.9 Å². The van der Waals surface area contributed by atoms with Crippen LogP contribution in [0.4, 0.5) is 0 Å². The predicted molar refractivity (Wildman–Crippen MR) is 139 cm³/mol. The van der Waals surface area contributed by atoms with Crippen molar-refractivity contribution in [2.24, 2.45) is 0 Å². The van der Waals surface area contributed by atoms with Crippen LogP contribution in [0.2, 0.25) is 0 Å². The molecule has 8 nitrogen and oxygen atoms in total. The van der Waals surface area contributed by atoms with Gasteiger partial charge >= 0.3 is 11.9 Å². The van der Waals surface area contributed by atoms with Crippen LogP contribution in [0, 0.1) is 0 Å². The van der Waals surface area contributed by atoms with Gasteiger partial charge in [0.25, 0.3) is 0 Å². The molecule has 0 saturated carbocycles. The van der Waals surface area contributed by atoms with Gasteiger partial charge < -0.3 is 20.4 Å². The molecule has 0 heterocycles. The molecule has 2 aromatic carbocycles. The summed E-state index contributed by atoms with van der Waals surface area (Å²) in [6.07, 6.45) is 0. The van der Waals surface area contributed by atoms with E-state index in [0.29, 0.717) is 11.1 Å². The van der Waals surface area contributed by atoms with Gasteiger partial charge in [0.15, 0.2) is 0 Å². The van der Waals surface area contributed by atoms with Crippen molar-refractivity contribution in [2.75, 3.05) is 26.2 Å². The summed E-state index contributed by atoms with van der Waals surface area (Å²) in [4.78, 5) is 26.5. The summed E-state index contributed by atoms with van der Waals surface area (Å²) in [5.41, 5.74) is 3.00. The topological polar surface area (TPSA) is 122 Å². The summed E-state index contributed by atoms with van der Waals surface area (Å²) in [6, 6.07) is 10.7. The normalized spacial score (nSPS) is 12.0. The van der Waals surface area contributed by atoms with Gasteiger partial charge in [0.2, 0.25) is 0 Å². The maximum absolute atomic E-state index is 11.6. The second kappa shape index (κ2) is 13.4. The third-order valence-corrected chi connectivity index (χ3v) is 6.13. The van der Waals surface area contributed by atoms with Crippen LogP contribution in [-0.2, 0) is 53.6 Å². The van der Waals surface area contributed by atoms with E-state index in [-0.39, 0.29) is 81.7 Å². The van der Waals surface area contributed by atoms with Gasteiger partial charge in [0.1, 0.15) is 11.5 Å². The minimum atomic E-state index is -1.01. The Bertz CT molecular complexity index is 990. The van der Waals surface area contributed by atoms with E-state index in [0.717, 1.165) is 11.1 Å². The number of phenols is 2. The summed E-state index contributed by atoms with van der Waals surface area (Å²) in [5.74, 6) is -1.85. The van der Waals surface area contributed by atoms with E-state index >= 15 is 0 Å². The zero-order valence-corrected chi connectivity index (χ0v) is 24.4. The molecule has 0 amide bonds. The fourth-order valence-corrected chi connectivity index (χ4v) is 3.93. The predicted octanol–water partition coefficient (Wildman–Crippen LogP) is 4.16. The number of phenolic OH excluding ortho intramolecular Hbond substituents is 2. The van der Waals surface area contributed by atoms with Crippen molar-refractivity contribution in [3.8, 4) is 11.5 Å². The smallest absolute Gasteiger partial charge is 0.317 e. The maximum Gasteiger partial charge on any atom is 0.317 e. The van der Waals surface area contributed by atoms with Crippen molar-refractivity contribution in [2.45, 2.75) is 65.5 Å². The van der Waals surface area contributed by atoms with Gasteiger partial charge in [-0.05, 0) is 34.1 Å². The molecular formula is C28H40N2O6Tc. The first-order valence-electron chi connectivity index (χ1n) is 12.1. The van der Waals surface area contributed by atoms with Crippen LogP contribution in [0.3, 0.4) is 0 Å². The largest absolute Gasteiger partial charge is 0.508 e. The van der Waals surface area contributed by atoms with Crippen molar-refractivity contribution in [1.29, 1.82) is 0 Å². The number of carboxylic acid groups (broad SMARTS) is 2. The summed E-state index contributed by atoms with van der Waals surface area (Å²) in [7, 11) is 0. The molecule has 0 aliphatic carbocycles. The minimum absolute atomic E-state index is 0. The Kier molecular flexibility index (Phi) is 11.8. The number of hydrogen-bond acceptors (Lipinski definition) is 6. The third-order valence-electron chi connectivity index (χ3n) is 6.13. The van der Waals surface area contributed by atoms with Gasteiger partial charge in [-0.25, -0.2) is 0 Å². The van der Waals surface area contributed by atoms with Gasteiger partial charge in [0, 0.05) is 57.4 Å². The van der Waals surface area contributed by atoms with Crippen molar-refractivity contribution in [3.63, 3.8) is 0 Å². The molecule has 0 aliphatic heterocycles. The van der Waals surface area contributed by atoms with E-state index in [9.17, 15) is 30.0 Å². The molecule has 0 unspecified atom stereocenters. The Balaban J connectivity index is 0.00000684. The van der Waals surface area contributed by atoms with Gasteiger partial charge in [-0.1, -0.05) is 65.8 Å². The number of aliphatic carboxylic acids is 2. The molecule has 0 atom stereocenters. The van der Waals surface area contributed by atoms with E-state index in [1.54, 1.807) is 21.9 Å². The van der Waals surface area contributed by atoms with E-state index in [1.807, 2.05) is 24.3 Å². The van der Waals surface area contributed by atoms with E-state index in [4.69, 9.17) is 0 Å². The summed E-state index contributed by atoms with van der Waals surface area (Å²) in [6.45, 7) is 12.8. The number of rotatable bonds is 11. The molecule has 2 aromatic rings. The second-order valence-electron chi connectivity index (χ2n) is 11.4. The first-order valence-corrected chi connectivity index (χ1v) is 12.1. The van der Waals surface area contributed by atoms with Crippen molar-refractivity contribution in [1.82, 2.24) is 9.80 Å². The molecular weight excluding hydrogens is 559 g/mol. The van der Waals surface area contributed by atoms with Crippen LogP contribution in [-0.4, -0.2) is 68.3 Å². The zero-order chi connectivity index (χ0) is 27.3. The molecule has 0 fully saturated rings. The number of benzene rings is 2. The molecule has 0 saturated heterocycles. The summed E-state index contributed by atoms with van der Waals surface area (Å²) in [5, 5.41) is 39.7. The van der Waals surface area contributed by atoms with Crippen LogP contribution in [0.5, 0.6) is 11.5 Å². The van der Waals surface area contributed by atoms with E-state index < -0.39 is 11.9 Å². The molecule has 2 rings (SSSR count). The Morgan fingerprint density at radius 2 is 1.00 bits per heavy atom. The molecule has 0 aliphatic rings. The van der Waals surface area contributed by atoms with Crippen LogP contribution in [0.25, 0.3) is 0 Å². The van der Waals surface area contributed by atoms with Crippen LogP contribution in [0.15, 0.2) is 36.4 Å². The fraction of sp³-hybridized carbons (Fsp3) is 0.500. The first-order chi connectivity index (χ1) is 16.6. The van der Waals surface area contributed by atoms with Gasteiger partial charge in [-0.2, -0.15) is 0 Å². The molecule has 0 spiro atoms. The first kappa shape index (κ1) is 32.6. The van der Waals surface area contributed by atoms with E-state index in [1.165, 1.54) is 0 Å². The molecule has 1 radical (unpaired) electrons. The Morgan fingerprint density at radius 1 is 0.676 bits per heavy atom. The molecule has 0 aromatic heterocycles. The second-order valence-corrected chi connectivity index (χ2v) is 11.4. The minimum Gasteiger partial charge on any atom is -0.508 e. The zero-order valence-electron chi connectivity index (χ0n) is 22.6. The van der Waals surface area contributed by atoms with Crippen molar-refractivity contribution in [3.05, 3.63) is 58.7 Å². The molecule has 9 heteroatoms. The molecule has 37 heavy (non-hydrogen) atoms. The molecule has 4 N–H and O–H groups in total. The average molecular weight is 600 g/mol. The van der Waals surface area contributed by atoms with E-state index in [2.05, 4.69) is 41.5 Å². The molecule has 0 bridgehead atoms. The monoisotopic (exact) mass is 599 g/mol. The van der Waals surface area contributed by atoms with Gasteiger partial charge in [-0.3, -0.25) is 19.4 Å². The van der Waals surface area contributed by atoms with Crippen LogP contribution in [0.1, 0.15) is 63.8 Å². The fourth-order valence-electron chi connectivity index (χ4n) is 3.93. The quantitative estimate of drug-likeness (QED) is 0.304. The average Bonchev–Trinajstić information content (AvgIpc) is 2.72. The number of carboxylic acids is 2. The maximum atomic E-state index is 11.6. The van der Waals surface area contributed by atoms with Gasteiger partial charge in [-0.15, -0.1) is 0 Å². The number of hydrogen-bond donors (Lipinski definition) is 4. The number of nitrogens with zero attached hydrogens (tertiary/aromatic N) is 2. The van der Waals surface area contributed by atoms with Crippen LogP contribution < -0.4 is 0 Å². The van der Waals surface area contributed by atoms with Gasteiger partial charge in [0.05, 0.1) is 13.1 Å². The number of aromatic hydroxyl groups is 2. The Hall–Kier alpha value is -2.45. The third kappa shape index (κ3) is 10.4. The standard InChI is InChI=1S/C28H40N2O6.Tc/c1-27(2,3)21-7-9-23(31)19(13-21)15-29(17-25(33)34)11-12-30(18-26(35)36)16-20-14-22(28(4,5)6)8-10-24(20)32;/h7-10,13-14,31-32H,11-12,15-18H2,1-6H3,(H,33,34)(H,35,36);/i;1+1. The summed E-state index contributed by atoms with van der Waals surface area (Å²) >= 11 is 0. The van der Waals surface area contributed by atoms with Crippen molar-refractivity contribution < 1.29 is 50.1 Å². The summed E-state index contributed by atoms with van der Waals surface area (Å²) < 4.78 is 0. The Morgan fingerprint density at radius 3 is 1.27 bits per heavy atom. The SMILES string of the molecule is CC(C)(C)c1ccc(O)c(CN(CCN(CC(=O)O)Cc2cc(C(C)(C)C)ccc2O)CC(=O)O)c1.[99Tc]. The molecule has 205 valence electrons. The number of carbonyl (C=O) groups is 2.